The fraction of sp³-hybridized carbons (Fsp3) is 0.684. The fourth-order valence-corrected chi connectivity index (χ4v) is 3.99. The molecule has 2 atom stereocenters. The number of hydrogen-bond acceptors (Lipinski definition) is 5. The first-order valence-electron chi connectivity index (χ1n) is 9.57. The maximum atomic E-state index is 12.9. The largest absolute Gasteiger partial charge is 0.378 e. The monoisotopic (exact) mass is 360 g/mol. The van der Waals surface area contributed by atoms with E-state index in [9.17, 15) is 9.59 Å². The SMILES string of the molecule is Cc1ccn(C2CC2)c(=O)c1C(=O)N[C@H]1COC[C@@H]1N1CCN(C)CC1. The molecule has 1 amide bonds. The van der Waals surface area contributed by atoms with Gasteiger partial charge in [0.1, 0.15) is 5.56 Å². The first kappa shape index (κ1) is 17.7. The van der Waals surface area contributed by atoms with Crippen LogP contribution in [0.3, 0.4) is 0 Å². The molecule has 142 valence electrons. The van der Waals surface area contributed by atoms with Gasteiger partial charge in [-0.1, -0.05) is 0 Å². The molecule has 3 aliphatic rings. The van der Waals surface area contributed by atoms with Gasteiger partial charge in [0.15, 0.2) is 0 Å². The molecule has 1 aromatic rings. The molecule has 1 aromatic heterocycles. The van der Waals surface area contributed by atoms with E-state index in [0.717, 1.165) is 44.6 Å². The zero-order valence-corrected chi connectivity index (χ0v) is 15.6. The van der Waals surface area contributed by atoms with Gasteiger partial charge < -0.3 is 19.5 Å². The third kappa shape index (κ3) is 3.43. The van der Waals surface area contributed by atoms with Gasteiger partial charge in [0.25, 0.3) is 11.5 Å². The number of rotatable bonds is 4. The highest BCUT2D eigenvalue weighted by Crippen LogP contribution is 2.33. The highest BCUT2D eigenvalue weighted by atomic mass is 16.5. The van der Waals surface area contributed by atoms with E-state index < -0.39 is 0 Å². The Labute approximate surface area is 153 Å². The van der Waals surface area contributed by atoms with Crippen LogP contribution >= 0.6 is 0 Å². The van der Waals surface area contributed by atoms with Crippen molar-refractivity contribution >= 4 is 5.91 Å². The van der Waals surface area contributed by atoms with Gasteiger partial charge in [-0.15, -0.1) is 0 Å². The molecule has 3 fully saturated rings. The summed E-state index contributed by atoms with van der Waals surface area (Å²) in [5.74, 6) is -0.267. The third-order valence-electron chi connectivity index (χ3n) is 5.87. The molecule has 0 bridgehead atoms. The average Bonchev–Trinajstić information content (AvgIpc) is 3.35. The Morgan fingerprint density at radius 1 is 1.19 bits per heavy atom. The van der Waals surface area contributed by atoms with Gasteiger partial charge in [-0.3, -0.25) is 14.5 Å². The summed E-state index contributed by atoms with van der Waals surface area (Å²) in [6.45, 7) is 6.99. The molecule has 1 N–H and O–H groups in total. The van der Waals surface area contributed by atoms with Crippen molar-refractivity contribution in [3.63, 3.8) is 0 Å². The van der Waals surface area contributed by atoms with Crippen LogP contribution in [-0.2, 0) is 4.74 Å². The quantitative estimate of drug-likeness (QED) is 0.833. The molecule has 26 heavy (non-hydrogen) atoms. The van der Waals surface area contributed by atoms with Gasteiger partial charge in [0.05, 0.1) is 25.3 Å². The Kier molecular flexibility index (Phi) is 4.86. The zero-order chi connectivity index (χ0) is 18.3. The number of likely N-dealkylation sites (N-methyl/N-ethyl adjacent to an activating group) is 1. The predicted molar refractivity (Wildman–Crippen MR) is 98.6 cm³/mol. The molecule has 0 aromatic carbocycles. The average molecular weight is 360 g/mol. The van der Waals surface area contributed by atoms with E-state index in [4.69, 9.17) is 4.74 Å². The van der Waals surface area contributed by atoms with Crippen molar-refractivity contribution in [2.24, 2.45) is 0 Å². The predicted octanol–water partition coefficient (Wildman–Crippen LogP) is 0.236. The lowest BCUT2D eigenvalue weighted by molar-refractivity contribution is 0.0827. The van der Waals surface area contributed by atoms with Crippen molar-refractivity contribution in [3.8, 4) is 0 Å². The molecule has 1 saturated carbocycles. The van der Waals surface area contributed by atoms with Gasteiger partial charge in [0, 0.05) is 38.4 Å². The van der Waals surface area contributed by atoms with E-state index in [2.05, 4.69) is 22.2 Å². The van der Waals surface area contributed by atoms with Crippen molar-refractivity contribution < 1.29 is 9.53 Å². The Morgan fingerprint density at radius 2 is 1.92 bits per heavy atom. The highest BCUT2D eigenvalue weighted by molar-refractivity contribution is 5.95. The lowest BCUT2D eigenvalue weighted by atomic mass is 10.1. The molecular formula is C19H28N4O3. The summed E-state index contributed by atoms with van der Waals surface area (Å²) in [6.07, 6.45) is 3.86. The molecular weight excluding hydrogens is 332 g/mol. The van der Waals surface area contributed by atoms with Crippen molar-refractivity contribution in [3.05, 3.63) is 33.7 Å². The summed E-state index contributed by atoms with van der Waals surface area (Å²) in [5, 5.41) is 3.09. The van der Waals surface area contributed by atoms with Gasteiger partial charge in [0.2, 0.25) is 0 Å². The summed E-state index contributed by atoms with van der Waals surface area (Å²) in [4.78, 5) is 30.4. The molecule has 3 heterocycles. The van der Waals surface area contributed by atoms with Crippen LogP contribution in [0.1, 0.15) is 34.8 Å². The van der Waals surface area contributed by atoms with Crippen LogP contribution in [0.5, 0.6) is 0 Å². The van der Waals surface area contributed by atoms with Crippen molar-refractivity contribution in [1.82, 2.24) is 19.7 Å². The summed E-state index contributed by atoms with van der Waals surface area (Å²) >= 11 is 0. The summed E-state index contributed by atoms with van der Waals surface area (Å²) in [6, 6.07) is 2.25. The van der Waals surface area contributed by atoms with Crippen LogP contribution in [0, 0.1) is 6.92 Å². The number of pyridine rings is 1. The Morgan fingerprint density at radius 3 is 2.62 bits per heavy atom. The number of carbonyl (C=O) groups is 1. The van der Waals surface area contributed by atoms with Gasteiger partial charge in [-0.05, 0) is 38.4 Å². The van der Waals surface area contributed by atoms with Gasteiger partial charge in [-0.25, -0.2) is 0 Å². The van der Waals surface area contributed by atoms with E-state index in [0.29, 0.717) is 13.2 Å². The van der Waals surface area contributed by atoms with Gasteiger partial charge in [-0.2, -0.15) is 0 Å². The molecule has 7 heteroatoms. The second kappa shape index (κ2) is 7.13. The molecule has 1 aliphatic carbocycles. The first-order valence-corrected chi connectivity index (χ1v) is 9.57. The number of hydrogen-bond donors (Lipinski definition) is 1. The number of ether oxygens (including phenoxy) is 1. The Balaban J connectivity index is 1.49. The lowest BCUT2D eigenvalue weighted by Crippen LogP contribution is -2.56. The second-order valence-electron chi connectivity index (χ2n) is 7.84. The minimum absolute atomic E-state index is 0.0701. The second-order valence-corrected chi connectivity index (χ2v) is 7.84. The minimum atomic E-state index is -0.267. The molecule has 2 aliphatic heterocycles. The standard InChI is InChI=1S/C19H28N4O3/c1-13-5-6-23(14-3-4-14)19(25)17(13)18(24)20-15-11-26-12-16(15)22-9-7-21(2)8-10-22/h5-6,14-16H,3-4,7-12H2,1-2H3,(H,20,24)/t15-,16-/m0/s1. The van der Waals surface area contributed by atoms with E-state index in [1.54, 1.807) is 4.57 Å². The zero-order valence-electron chi connectivity index (χ0n) is 15.6. The maximum Gasteiger partial charge on any atom is 0.263 e. The number of nitrogens with one attached hydrogen (secondary N) is 1. The Hall–Kier alpha value is -1.70. The van der Waals surface area contributed by atoms with Crippen LogP contribution in [0.2, 0.25) is 0 Å². The molecule has 7 nitrogen and oxygen atoms in total. The number of nitrogens with zero attached hydrogens (tertiary/aromatic N) is 3. The number of amides is 1. The molecule has 4 rings (SSSR count). The van der Waals surface area contributed by atoms with Crippen LogP contribution in [0.4, 0.5) is 0 Å². The number of aryl methyl sites for hydroxylation is 1. The summed E-state index contributed by atoms with van der Waals surface area (Å²) in [7, 11) is 2.13. The minimum Gasteiger partial charge on any atom is -0.378 e. The summed E-state index contributed by atoms with van der Waals surface area (Å²) in [5.41, 5.74) is 0.850. The van der Waals surface area contributed by atoms with E-state index in [-0.39, 0.29) is 35.2 Å². The molecule has 0 radical (unpaired) electrons. The van der Waals surface area contributed by atoms with Crippen LogP contribution < -0.4 is 10.9 Å². The van der Waals surface area contributed by atoms with Crippen molar-refractivity contribution in [2.75, 3.05) is 46.4 Å². The van der Waals surface area contributed by atoms with E-state index in [1.165, 1.54) is 0 Å². The normalized spacial score (nSPS) is 27.6. The number of carbonyl (C=O) groups excluding carboxylic acids is 1. The number of aromatic nitrogens is 1. The maximum absolute atomic E-state index is 12.9. The molecule has 0 unspecified atom stereocenters. The number of piperazine rings is 1. The van der Waals surface area contributed by atoms with Crippen molar-refractivity contribution in [1.29, 1.82) is 0 Å². The van der Waals surface area contributed by atoms with Crippen LogP contribution in [0.25, 0.3) is 0 Å². The highest BCUT2D eigenvalue weighted by Gasteiger charge is 2.36. The van der Waals surface area contributed by atoms with Crippen molar-refractivity contribution in [2.45, 2.75) is 37.9 Å². The topological polar surface area (TPSA) is 66.8 Å². The third-order valence-corrected chi connectivity index (χ3v) is 5.87. The fourth-order valence-electron chi connectivity index (χ4n) is 3.99. The van der Waals surface area contributed by atoms with Crippen LogP contribution in [-0.4, -0.2) is 78.8 Å². The smallest absolute Gasteiger partial charge is 0.263 e. The summed E-state index contributed by atoms with van der Waals surface area (Å²) < 4.78 is 7.38. The molecule has 2 saturated heterocycles. The Bertz CT molecular complexity index is 735. The first-order chi connectivity index (χ1) is 12.5. The van der Waals surface area contributed by atoms with E-state index >= 15 is 0 Å². The van der Waals surface area contributed by atoms with Crippen LogP contribution in [0.15, 0.2) is 17.1 Å². The lowest BCUT2D eigenvalue weighted by Gasteiger charge is -2.38. The molecule has 0 spiro atoms. The van der Waals surface area contributed by atoms with Gasteiger partial charge >= 0.3 is 0 Å². The van der Waals surface area contributed by atoms with E-state index in [1.807, 2.05) is 19.2 Å².